The molecule has 0 unspecified atom stereocenters. The normalized spacial score (nSPS) is 13.5. The number of esters is 1. The molecule has 0 bridgehead atoms. The van der Waals surface area contributed by atoms with Gasteiger partial charge in [0, 0.05) is 31.4 Å². The van der Waals surface area contributed by atoms with Crippen LogP contribution in [0.1, 0.15) is 57.6 Å². The van der Waals surface area contributed by atoms with E-state index in [1.165, 1.54) is 0 Å². The molecule has 0 aliphatic heterocycles. The maximum absolute atomic E-state index is 12.0. The maximum atomic E-state index is 12.0. The van der Waals surface area contributed by atoms with Gasteiger partial charge in [-0.15, -0.1) is 0 Å². The fraction of sp³-hybridized carbons (Fsp3) is 0.526. The first-order chi connectivity index (χ1) is 11.2. The average Bonchev–Trinajstić information content (AvgIpc) is 2.81. The first-order valence-electron chi connectivity index (χ1n) is 8.38. The number of ether oxygens (including phenoxy) is 1. The number of hydrogen-bond acceptors (Lipinski definition) is 4. The molecule has 5 heteroatoms. The number of carbonyl (C=O) groups is 3. The second-order valence-electron chi connectivity index (χ2n) is 7.22. The summed E-state index contributed by atoms with van der Waals surface area (Å²) in [5.74, 6) is -0.0923. The zero-order valence-electron chi connectivity index (χ0n) is 14.6. The van der Waals surface area contributed by atoms with E-state index in [4.69, 9.17) is 4.74 Å². The monoisotopic (exact) mass is 331 g/mol. The highest BCUT2D eigenvalue weighted by Gasteiger charge is 2.19. The van der Waals surface area contributed by atoms with Crippen molar-refractivity contribution in [1.29, 1.82) is 0 Å². The molecule has 2 rings (SSSR count). The SMILES string of the molecule is CC(C)(C)OC(=O)CCCCC(=O)Nc1ccc2c(c1)CC(=O)C2. The van der Waals surface area contributed by atoms with Crippen LogP contribution in [0.5, 0.6) is 0 Å². The lowest BCUT2D eigenvalue weighted by molar-refractivity contribution is -0.155. The van der Waals surface area contributed by atoms with E-state index in [2.05, 4.69) is 5.32 Å². The minimum Gasteiger partial charge on any atom is -0.460 e. The zero-order chi connectivity index (χ0) is 17.7. The molecule has 0 aromatic heterocycles. The first kappa shape index (κ1) is 18.2. The third-order valence-corrected chi connectivity index (χ3v) is 3.72. The molecule has 0 saturated carbocycles. The van der Waals surface area contributed by atoms with Gasteiger partial charge >= 0.3 is 5.97 Å². The van der Waals surface area contributed by atoms with Gasteiger partial charge in [-0.05, 0) is 56.9 Å². The van der Waals surface area contributed by atoms with Crippen molar-refractivity contribution >= 4 is 23.3 Å². The van der Waals surface area contributed by atoms with Crippen LogP contribution >= 0.6 is 0 Å². The number of fused-ring (bicyclic) bond motifs is 1. The summed E-state index contributed by atoms with van der Waals surface area (Å²) < 4.78 is 5.22. The Kier molecular flexibility index (Phi) is 5.75. The molecular formula is C19H25NO4. The van der Waals surface area contributed by atoms with Crippen molar-refractivity contribution in [2.75, 3.05) is 5.32 Å². The van der Waals surface area contributed by atoms with E-state index in [0.29, 0.717) is 38.5 Å². The molecule has 0 heterocycles. The Hall–Kier alpha value is -2.17. The van der Waals surface area contributed by atoms with Crippen molar-refractivity contribution < 1.29 is 19.1 Å². The zero-order valence-corrected chi connectivity index (χ0v) is 14.6. The Morgan fingerprint density at radius 1 is 1.08 bits per heavy atom. The third kappa shape index (κ3) is 5.80. The van der Waals surface area contributed by atoms with Gasteiger partial charge in [0.1, 0.15) is 11.4 Å². The van der Waals surface area contributed by atoms with E-state index in [1.807, 2.05) is 39.0 Å². The topological polar surface area (TPSA) is 72.5 Å². The van der Waals surface area contributed by atoms with Crippen molar-refractivity contribution in [1.82, 2.24) is 0 Å². The molecular weight excluding hydrogens is 306 g/mol. The molecule has 0 spiro atoms. The smallest absolute Gasteiger partial charge is 0.306 e. The molecule has 1 amide bonds. The van der Waals surface area contributed by atoms with Crippen LogP contribution in [-0.4, -0.2) is 23.3 Å². The molecule has 24 heavy (non-hydrogen) atoms. The fourth-order valence-corrected chi connectivity index (χ4v) is 2.70. The van der Waals surface area contributed by atoms with Crippen molar-refractivity contribution in [2.24, 2.45) is 0 Å². The Morgan fingerprint density at radius 2 is 1.75 bits per heavy atom. The number of Topliss-reactive ketones (excluding diaryl/α,β-unsaturated/α-hetero) is 1. The van der Waals surface area contributed by atoms with E-state index >= 15 is 0 Å². The first-order valence-corrected chi connectivity index (χ1v) is 8.38. The van der Waals surface area contributed by atoms with Gasteiger partial charge in [-0.1, -0.05) is 6.07 Å². The van der Waals surface area contributed by atoms with Crippen LogP contribution < -0.4 is 5.32 Å². The second kappa shape index (κ2) is 7.60. The Bertz CT molecular complexity index is 643. The van der Waals surface area contributed by atoms with Crippen LogP contribution in [0.15, 0.2) is 18.2 Å². The highest BCUT2D eigenvalue weighted by molar-refractivity contribution is 5.92. The second-order valence-corrected chi connectivity index (χ2v) is 7.22. The van der Waals surface area contributed by atoms with Crippen LogP contribution in [0.3, 0.4) is 0 Å². The predicted molar refractivity (Wildman–Crippen MR) is 91.8 cm³/mol. The number of hydrogen-bond donors (Lipinski definition) is 1. The van der Waals surface area contributed by atoms with Gasteiger partial charge in [0.15, 0.2) is 0 Å². The molecule has 0 atom stereocenters. The minimum absolute atomic E-state index is 0.0801. The van der Waals surface area contributed by atoms with Crippen molar-refractivity contribution in [2.45, 2.75) is 64.9 Å². The van der Waals surface area contributed by atoms with Gasteiger partial charge in [-0.3, -0.25) is 14.4 Å². The fourth-order valence-electron chi connectivity index (χ4n) is 2.70. The van der Waals surface area contributed by atoms with E-state index in [1.54, 1.807) is 0 Å². The van der Waals surface area contributed by atoms with E-state index in [9.17, 15) is 14.4 Å². The summed E-state index contributed by atoms with van der Waals surface area (Å²) >= 11 is 0. The summed E-state index contributed by atoms with van der Waals surface area (Å²) in [6.07, 6.45) is 2.89. The van der Waals surface area contributed by atoms with Crippen molar-refractivity contribution in [3.63, 3.8) is 0 Å². The Balaban J connectivity index is 1.70. The Morgan fingerprint density at radius 3 is 2.46 bits per heavy atom. The quantitative estimate of drug-likeness (QED) is 0.642. The Labute approximate surface area is 142 Å². The molecule has 0 saturated heterocycles. The third-order valence-electron chi connectivity index (χ3n) is 3.72. The van der Waals surface area contributed by atoms with Crippen LogP contribution in [0.4, 0.5) is 5.69 Å². The van der Waals surface area contributed by atoms with Crippen LogP contribution in [0.2, 0.25) is 0 Å². The van der Waals surface area contributed by atoms with Gasteiger partial charge in [0.25, 0.3) is 0 Å². The average molecular weight is 331 g/mol. The molecule has 0 radical (unpaired) electrons. The largest absolute Gasteiger partial charge is 0.460 e. The van der Waals surface area contributed by atoms with Gasteiger partial charge in [0.2, 0.25) is 5.91 Å². The van der Waals surface area contributed by atoms with Gasteiger partial charge in [0.05, 0.1) is 0 Å². The van der Waals surface area contributed by atoms with Gasteiger partial charge < -0.3 is 10.1 Å². The lowest BCUT2D eigenvalue weighted by Gasteiger charge is -2.19. The number of nitrogens with one attached hydrogen (secondary N) is 1. The lowest BCUT2D eigenvalue weighted by Crippen LogP contribution is -2.23. The van der Waals surface area contributed by atoms with E-state index in [-0.39, 0.29) is 17.7 Å². The number of amides is 1. The maximum Gasteiger partial charge on any atom is 0.306 e. The van der Waals surface area contributed by atoms with E-state index in [0.717, 1.165) is 16.8 Å². The van der Waals surface area contributed by atoms with Crippen LogP contribution in [0, 0.1) is 0 Å². The molecule has 0 fully saturated rings. The van der Waals surface area contributed by atoms with Crippen molar-refractivity contribution in [3.05, 3.63) is 29.3 Å². The number of carbonyl (C=O) groups excluding carboxylic acids is 3. The molecule has 1 aliphatic rings. The van der Waals surface area contributed by atoms with Gasteiger partial charge in [-0.25, -0.2) is 0 Å². The molecule has 1 aliphatic carbocycles. The number of anilines is 1. The summed E-state index contributed by atoms with van der Waals surface area (Å²) in [5.41, 5.74) is 2.31. The molecule has 130 valence electrons. The van der Waals surface area contributed by atoms with E-state index < -0.39 is 5.60 Å². The molecule has 5 nitrogen and oxygen atoms in total. The summed E-state index contributed by atoms with van der Waals surface area (Å²) in [6.45, 7) is 5.51. The lowest BCUT2D eigenvalue weighted by atomic mass is 10.1. The standard InChI is InChI=1S/C19H25NO4/c1-19(2,3)24-18(23)7-5-4-6-17(22)20-15-9-8-13-11-16(21)12-14(13)10-15/h8-10H,4-7,11-12H2,1-3H3,(H,20,22). The molecule has 1 N–H and O–H groups in total. The van der Waals surface area contributed by atoms with Crippen LogP contribution in [0.25, 0.3) is 0 Å². The highest BCUT2D eigenvalue weighted by Crippen LogP contribution is 2.23. The molecule has 1 aromatic rings. The number of ketones is 1. The van der Waals surface area contributed by atoms with Crippen LogP contribution in [-0.2, 0) is 32.0 Å². The summed E-state index contributed by atoms with van der Waals surface area (Å²) in [4.78, 5) is 35.0. The molecule has 1 aromatic carbocycles. The van der Waals surface area contributed by atoms with Crippen molar-refractivity contribution in [3.8, 4) is 0 Å². The predicted octanol–water partition coefficient (Wildman–Crippen LogP) is 3.19. The summed E-state index contributed by atoms with van der Waals surface area (Å²) in [5, 5.41) is 2.85. The summed E-state index contributed by atoms with van der Waals surface area (Å²) in [6, 6.07) is 5.60. The minimum atomic E-state index is -0.469. The number of benzene rings is 1. The number of unbranched alkanes of at least 4 members (excludes halogenated alkanes) is 1. The summed E-state index contributed by atoms with van der Waals surface area (Å²) in [7, 11) is 0. The number of rotatable bonds is 6. The van der Waals surface area contributed by atoms with Gasteiger partial charge in [-0.2, -0.15) is 0 Å². The highest BCUT2D eigenvalue weighted by atomic mass is 16.6.